The summed E-state index contributed by atoms with van der Waals surface area (Å²) in [5.41, 5.74) is 3.94. The van der Waals surface area contributed by atoms with Gasteiger partial charge in [-0.15, -0.1) is 11.3 Å². The van der Waals surface area contributed by atoms with Crippen molar-refractivity contribution in [1.82, 2.24) is 5.43 Å². The van der Waals surface area contributed by atoms with E-state index in [4.69, 9.17) is 5.84 Å². The van der Waals surface area contributed by atoms with Crippen LogP contribution in [0, 0.1) is 0 Å². The van der Waals surface area contributed by atoms with Crippen LogP contribution in [0.4, 0.5) is 0 Å². The van der Waals surface area contributed by atoms with E-state index < -0.39 is 0 Å². The van der Waals surface area contributed by atoms with Gasteiger partial charge in [-0.1, -0.05) is 18.2 Å². The van der Waals surface area contributed by atoms with Crippen LogP contribution in [0.2, 0.25) is 0 Å². The Bertz CT molecular complexity index is 381. The molecular formula is C9H10N2S. The first-order chi connectivity index (χ1) is 5.92. The van der Waals surface area contributed by atoms with E-state index in [1.807, 2.05) is 0 Å². The van der Waals surface area contributed by atoms with Gasteiger partial charge in [-0.05, 0) is 22.4 Å². The number of rotatable bonds is 2. The lowest BCUT2D eigenvalue weighted by atomic mass is 10.2. The molecule has 3 heteroatoms. The highest BCUT2D eigenvalue weighted by atomic mass is 32.1. The molecule has 3 N–H and O–H groups in total. The second-order valence-electron chi connectivity index (χ2n) is 2.64. The molecule has 0 atom stereocenters. The first-order valence-corrected chi connectivity index (χ1v) is 4.68. The Morgan fingerprint density at radius 1 is 1.33 bits per heavy atom. The van der Waals surface area contributed by atoms with Crippen LogP contribution in [-0.4, -0.2) is 0 Å². The second-order valence-corrected chi connectivity index (χ2v) is 3.55. The van der Waals surface area contributed by atoms with Crippen LogP contribution >= 0.6 is 11.3 Å². The molecular weight excluding hydrogens is 168 g/mol. The number of nitrogens with one attached hydrogen (secondary N) is 1. The first-order valence-electron chi connectivity index (χ1n) is 3.80. The van der Waals surface area contributed by atoms with Crippen molar-refractivity contribution in [1.29, 1.82) is 0 Å². The minimum Gasteiger partial charge on any atom is -0.271 e. The van der Waals surface area contributed by atoms with Crippen molar-refractivity contribution in [2.75, 3.05) is 0 Å². The summed E-state index contributed by atoms with van der Waals surface area (Å²) >= 11 is 1.76. The van der Waals surface area contributed by atoms with Crippen LogP contribution in [0.25, 0.3) is 10.1 Å². The first kappa shape index (κ1) is 7.73. The summed E-state index contributed by atoms with van der Waals surface area (Å²) in [6.07, 6.45) is 0. The van der Waals surface area contributed by atoms with Gasteiger partial charge in [0.1, 0.15) is 0 Å². The molecule has 2 rings (SSSR count). The summed E-state index contributed by atoms with van der Waals surface area (Å²) in [6, 6.07) is 8.40. The van der Waals surface area contributed by atoms with Gasteiger partial charge >= 0.3 is 0 Å². The summed E-state index contributed by atoms with van der Waals surface area (Å²) in [7, 11) is 0. The van der Waals surface area contributed by atoms with E-state index in [1.54, 1.807) is 11.3 Å². The van der Waals surface area contributed by atoms with E-state index in [0.717, 1.165) is 6.54 Å². The monoisotopic (exact) mass is 178 g/mol. The fourth-order valence-electron chi connectivity index (χ4n) is 1.30. The molecule has 0 unspecified atom stereocenters. The van der Waals surface area contributed by atoms with Gasteiger partial charge < -0.3 is 0 Å². The van der Waals surface area contributed by atoms with Gasteiger partial charge in [0, 0.05) is 11.2 Å². The molecule has 2 nitrogen and oxygen atoms in total. The number of hydrazine groups is 1. The van der Waals surface area contributed by atoms with Gasteiger partial charge in [0.2, 0.25) is 0 Å². The van der Waals surface area contributed by atoms with Gasteiger partial charge in [0.15, 0.2) is 0 Å². The number of hydrogen-bond acceptors (Lipinski definition) is 3. The lowest BCUT2D eigenvalue weighted by Crippen LogP contribution is -2.20. The largest absolute Gasteiger partial charge is 0.271 e. The van der Waals surface area contributed by atoms with Crippen LogP contribution in [-0.2, 0) is 6.54 Å². The summed E-state index contributed by atoms with van der Waals surface area (Å²) < 4.78 is 1.33. The molecule has 0 spiro atoms. The summed E-state index contributed by atoms with van der Waals surface area (Å²) in [4.78, 5) is 0. The molecule has 0 fully saturated rings. The number of thiophene rings is 1. The van der Waals surface area contributed by atoms with E-state index in [-0.39, 0.29) is 0 Å². The normalized spacial score (nSPS) is 10.8. The number of hydrogen-bond donors (Lipinski definition) is 2. The van der Waals surface area contributed by atoms with E-state index in [0.29, 0.717) is 0 Å². The average Bonchev–Trinajstić information content (AvgIpc) is 2.53. The summed E-state index contributed by atoms with van der Waals surface area (Å²) in [5, 5.41) is 3.40. The third-order valence-corrected chi connectivity index (χ3v) is 2.86. The molecule has 0 aliphatic rings. The Morgan fingerprint density at radius 3 is 3.08 bits per heavy atom. The Morgan fingerprint density at radius 2 is 2.25 bits per heavy atom. The SMILES string of the molecule is NNCc1cccc2ccsc12. The predicted molar refractivity (Wildman–Crippen MR) is 52.9 cm³/mol. The Kier molecular flexibility index (Phi) is 2.08. The van der Waals surface area contributed by atoms with Gasteiger partial charge in [-0.25, -0.2) is 0 Å². The van der Waals surface area contributed by atoms with Gasteiger partial charge in [-0.3, -0.25) is 11.3 Å². The second kappa shape index (κ2) is 3.23. The van der Waals surface area contributed by atoms with Crippen molar-refractivity contribution in [3.63, 3.8) is 0 Å². The molecule has 2 aromatic rings. The predicted octanol–water partition coefficient (Wildman–Crippen LogP) is 1.86. The molecule has 1 aromatic carbocycles. The maximum Gasteiger partial charge on any atom is 0.0388 e. The fourth-order valence-corrected chi connectivity index (χ4v) is 2.22. The van der Waals surface area contributed by atoms with Crippen LogP contribution in [0.3, 0.4) is 0 Å². The zero-order chi connectivity index (χ0) is 8.39. The number of nitrogens with two attached hydrogens (primary N) is 1. The van der Waals surface area contributed by atoms with Crippen LogP contribution in [0.15, 0.2) is 29.6 Å². The Balaban J connectivity index is 2.57. The summed E-state index contributed by atoms with van der Waals surface area (Å²) in [5.74, 6) is 5.27. The van der Waals surface area contributed by atoms with Crippen LogP contribution in [0.1, 0.15) is 5.56 Å². The van der Waals surface area contributed by atoms with E-state index in [2.05, 4.69) is 35.1 Å². The minimum atomic E-state index is 0.734. The Hall–Kier alpha value is -0.900. The smallest absolute Gasteiger partial charge is 0.0388 e. The molecule has 62 valence electrons. The van der Waals surface area contributed by atoms with E-state index >= 15 is 0 Å². The maximum absolute atomic E-state index is 5.27. The molecule has 0 aliphatic heterocycles. The molecule has 0 saturated carbocycles. The van der Waals surface area contributed by atoms with Crippen molar-refractivity contribution in [3.05, 3.63) is 35.2 Å². The standard InChI is InChI=1S/C9H10N2S/c10-11-6-8-3-1-2-7-4-5-12-9(7)8/h1-5,11H,6,10H2. The molecule has 0 amide bonds. The average molecular weight is 178 g/mol. The molecule has 0 saturated heterocycles. The number of benzene rings is 1. The van der Waals surface area contributed by atoms with Gasteiger partial charge in [0.25, 0.3) is 0 Å². The van der Waals surface area contributed by atoms with Crippen molar-refractivity contribution < 1.29 is 0 Å². The van der Waals surface area contributed by atoms with Crippen molar-refractivity contribution in [2.24, 2.45) is 5.84 Å². The molecule has 0 radical (unpaired) electrons. The maximum atomic E-state index is 5.27. The highest BCUT2D eigenvalue weighted by molar-refractivity contribution is 7.17. The van der Waals surface area contributed by atoms with Crippen LogP contribution < -0.4 is 11.3 Å². The van der Waals surface area contributed by atoms with Gasteiger partial charge in [-0.2, -0.15) is 0 Å². The molecule has 0 bridgehead atoms. The quantitative estimate of drug-likeness (QED) is 0.544. The zero-order valence-electron chi connectivity index (χ0n) is 6.58. The van der Waals surface area contributed by atoms with Crippen molar-refractivity contribution in [2.45, 2.75) is 6.54 Å². The molecule has 0 aliphatic carbocycles. The molecule has 12 heavy (non-hydrogen) atoms. The highest BCUT2D eigenvalue weighted by Gasteiger charge is 1.99. The van der Waals surface area contributed by atoms with E-state index in [1.165, 1.54) is 15.6 Å². The third kappa shape index (κ3) is 1.22. The van der Waals surface area contributed by atoms with Gasteiger partial charge in [0.05, 0.1) is 0 Å². The lowest BCUT2D eigenvalue weighted by Gasteiger charge is -2.00. The van der Waals surface area contributed by atoms with Crippen molar-refractivity contribution in [3.8, 4) is 0 Å². The molecule has 1 aromatic heterocycles. The topological polar surface area (TPSA) is 38.0 Å². The van der Waals surface area contributed by atoms with Crippen LogP contribution in [0.5, 0.6) is 0 Å². The highest BCUT2D eigenvalue weighted by Crippen LogP contribution is 2.24. The van der Waals surface area contributed by atoms with Crippen molar-refractivity contribution >= 4 is 21.4 Å². The lowest BCUT2D eigenvalue weighted by molar-refractivity contribution is 0.746. The molecule has 1 heterocycles. The van der Waals surface area contributed by atoms with E-state index in [9.17, 15) is 0 Å². The minimum absolute atomic E-state index is 0.734. The third-order valence-electron chi connectivity index (χ3n) is 1.85. The zero-order valence-corrected chi connectivity index (χ0v) is 7.40. The fraction of sp³-hybridized carbons (Fsp3) is 0.111. The number of fused-ring (bicyclic) bond motifs is 1. The Labute approximate surface area is 75.0 Å². The summed E-state index contributed by atoms with van der Waals surface area (Å²) in [6.45, 7) is 0.734.